The average molecular weight is 451 g/mol. The Balaban J connectivity index is 0.00000101. The van der Waals surface area contributed by atoms with Crippen LogP contribution in [0.1, 0.15) is 63.6 Å². The first-order valence-electron chi connectivity index (χ1n) is 11.5. The lowest BCUT2D eigenvalue weighted by Gasteiger charge is -2.38. The molecule has 178 valence electrons. The SMILES string of the molecule is CC.CCC.COC(c1ccccc1)(c1ccccc1)C(Oc1nc(C)cc(C)n1)C(C)=O. The number of ether oxygens (including phenoxy) is 2. The van der Waals surface area contributed by atoms with Crippen molar-refractivity contribution in [2.45, 2.75) is 66.6 Å². The van der Waals surface area contributed by atoms with Crippen LogP contribution in [0.2, 0.25) is 0 Å². The molecule has 0 aliphatic heterocycles. The molecule has 0 aliphatic rings. The van der Waals surface area contributed by atoms with Gasteiger partial charge in [0.15, 0.2) is 17.5 Å². The lowest BCUT2D eigenvalue weighted by molar-refractivity contribution is -0.139. The molecule has 5 nitrogen and oxygen atoms in total. The molecule has 1 unspecified atom stereocenters. The van der Waals surface area contributed by atoms with Gasteiger partial charge in [0.05, 0.1) is 0 Å². The summed E-state index contributed by atoms with van der Waals surface area (Å²) in [6.07, 6.45) is 0.281. The Morgan fingerprint density at radius 3 is 1.61 bits per heavy atom. The summed E-state index contributed by atoms with van der Waals surface area (Å²) in [5.74, 6) is -0.183. The fourth-order valence-electron chi connectivity index (χ4n) is 3.49. The predicted octanol–water partition coefficient (Wildman–Crippen LogP) is 6.46. The van der Waals surface area contributed by atoms with Crippen molar-refractivity contribution in [3.63, 3.8) is 0 Å². The van der Waals surface area contributed by atoms with Crippen LogP contribution in [0.4, 0.5) is 0 Å². The van der Waals surface area contributed by atoms with E-state index in [0.717, 1.165) is 22.5 Å². The summed E-state index contributed by atoms with van der Waals surface area (Å²) in [7, 11) is 1.58. The number of methoxy groups -OCH3 is 1. The van der Waals surface area contributed by atoms with Crippen molar-refractivity contribution in [1.29, 1.82) is 0 Å². The third-order valence-corrected chi connectivity index (χ3v) is 4.65. The van der Waals surface area contributed by atoms with E-state index in [1.807, 2.05) is 94.4 Å². The number of aryl methyl sites for hydroxylation is 2. The number of Topliss-reactive ketones (excluding diaryl/α,β-unsaturated/α-hetero) is 1. The topological polar surface area (TPSA) is 61.3 Å². The van der Waals surface area contributed by atoms with E-state index in [0.29, 0.717) is 0 Å². The minimum Gasteiger partial charge on any atom is -0.448 e. The summed E-state index contributed by atoms with van der Waals surface area (Å²) in [6.45, 7) is 13.5. The second-order valence-electron chi connectivity index (χ2n) is 7.42. The van der Waals surface area contributed by atoms with Crippen molar-refractivity contribution in [1.82, 2.24) is 9.97 Å². The first kappa shape index (κ1) is 28.0. The Bertz CT molecular complexity index is 900. The molecule has 0 saturated carbocycles. The van der Waals surface area contributed by atoms with Gasteiger partial charge in [-0.05, 0) is 38.0 Å². The molecule has 1 atom stereocenters. The number of nitrogens with zero attached hydrogens (tertiary/aromatic N) is 2. The van der Waals surface area contributed by atoms with E-state index in [-0.39, 0.29) is 11.8 Å². The Labute approximate surface area is 199 Å². The van der Waals surface area contributed by atoms with E-state index < -0.39 is 11.7 Å². The molecule has 3 aromatic rings. The minimum absolute atomic E-state index is 0.158. The third-order valence-electron chi connectivity index (χ3n) is 4.65. The zero-order chi connectivity index (χ0) is 24.9. The van der Waals surface area contributed by atoms with Gasteiger partial charge in [-0.25, -0.2) is 9.97 Å². The van der Waals surface area contributed by atoms with Crippen molar-refractivity contribution in [3.8, 4) is 6.01 Å². The third kappa shape index (κ3) is 7.22. The highest BCUT2D eigenvalue weighted by Crippen LogP contribution is 2.38. The molecule has 0 aliphatic carbocycles. The van der Waals surface area contributed by atoms with E-state index in [4.69, 9.17) is 9.47 Å². The second-order valence-corrected chi connectivity index (χ2v) is 7.42. The van der Waals surface area contributed by atoms with E-state index in [1.165, 1.54) is 13.3 Å². The van der Waals surface area contributed by atoms with Crippen LogP contribution in [0.25, 0.3) is 0 Å². The van der Waals surface area contributed by atoms with Crippen LogP contribution in [-0.4, -0.2) is 29.0 Å². The van der Waals surface area contributed by atoms with Gasteiger partial charge < -0.3 is 9.47 Å². The number of benzene rings is 2. The molecular weight excluding hydrogens is 412 g/mol. The molecule has 0 bridgehead atoms. The zero-order valence-electron chi connectivity index (χ0n) is 21.3. The van der Waals surface area contributed by atoms with Gasteiger partial charge >= 0.3 is 6.01 Å². The van der Waals surface area contributed by atoms with Gasteiger partial charge in [0, 0.05) is 18.5 Å². The first-order chi connectivity index (χ1) is 15.9. The van der Waals surface area contributed by atoms with Crippen LogP contribution < -0.4 is 4.74 Å². The molecule has 0 radical (unpaired) electrons. The van der Waals surface area contributed by atoms with Gasteiger partial charge in [-0.1, -0.05) is 94.8 Å². The zero-order valence-corrected chi connectivity index (χ0v) is 21.3. The highest BCUT2D eigenvalue weighted by atomic mass is 16.6. The summed E-state index contributed by atoms with van der Waals surface area (Å²) in [6, 6.07) is 21.2. The molecule has 0 saturated heterocycles. The second kappa shape index (κ2) is 14.2. The van der Waals surface area contributed by atoms with Crippen LogP contribution in [0, 0.1) is 13.8 Å². The summed E-state index contributed by atoms with van der Waals surface area (Å²) in [5.41, 5.74) is 2.02. The summed E-state index contributed by atoms with van der Waals surface area (Å²) in [5, 5.41) is 0. The minimum atomic E-state index is -1.14. The standard InChI is InChI=1S/C23H24N2O3.C3H8.C2H6/c1-16-15-17(2)25-22(24-16)28-21(18(3)26)23(27-4,19-11-7-5-8-12-19)20-13-9-6-10-14-20;1-3-2;1-2/h5-15,21H,1-4H3;3H2,1-2H3;1-2H3. The highest BCUT2D eigenvalue weighted by molar-refractivity contribution is 5.83. The fraction of sp³-hybridized carbons (Fsp3) is 0.393. The van der Waals surface area contributed by atoms with E-state index in [1.54, 1.807) is 7.11 Å². The van der Waals surface area contributed by atoms with Gasteiger partial charge in [-0.2, -0.15) is 0 Å². The lowest BCUT2D eigenvalue weighted by atomic mass is 9.80. The number of aromatic nitrogens is 2. The van der Waals surface area contributed by atoms with Gasteiger partial charge in [-0.15, -0.1) is 0 Å². The van der Waals surface area contributed by atoms with Gasteiger partial charge in [0.25, 0.3) is 0 Å². The number of ketones is 1. The molecule has 1 heterocycles. The first-order valence-corrected chi connectivity index (χ1v) is 11.5. The number of hydrogen-bond donors (Lipinski definition) is 0. The van der Waals surface area contributed by atoms with Crippen LogP contribution in [-0.2, 0) is 15.1 Å². The summed E-state index contributed by atoms with van der Waals surface area (Å²) >= 11 is 0. The Kier molecular flexibility index (Phi) is 12.0. The van der Waals surface area contributed by atoms with Crippen LogP contribution >= 0.6 is 0 Å². The van der Waals surface area contributed by atoms with Crippen LogP contribution in [0.5, 0.6) is 6.01 Å². The predicted molar refractivity (Wildman–Crippen MR) is 135 cm³/mol. The Morgan fingerprint density at radius 2 is 1.27 bits per heavy atom. The molecule has 5 heteroatoms. The quantitative estimate of drug-likeness (QED) is 0.413. The molecule has 0 N–H and O–H groups in total. The molecule has 3 rings (SSSR count). The van der Waals surface area contributed by atoms with E-state index in [9.17, 15) is 4.79 Å². The number of carbonyl (C=O) groups excluding carboxylic acids is 1. The van der Waals surface area contributed by atoms with Gasteiger partial charge in [-0.3, -0.25) is 4.79 Å². The van der Waals surface area contributed by atoms with Crippen LogP contribution in [0.15, 0.2) is 66.7 Å². The number of hydrogen-bond acceptors (Lipinski definition) is 5. The maximum atomic E-state index is 12.8. The number of rotatable bonds is 7. The highest BCUT2D eigenvalue weighted by Gasteiger charge is 2.47. The molecule has 0 fully saturated rings. The van der Waals surface area contributed by atoms with Crippen molar-refractivity contribution in [2.75, 3.05) is 7.11 Å². The van der Waals surface area contributed by atoms with Crippen LogP contribution in [0.3, 0.4) is 0 Å². The molecule has 0 amide bonds. The van der Waals surface area contributed by atoms with E-state index in [2.05, 4.69) is 23.8 Å². The smallest absolute Gasteiger partial charge is 0.317 e. The number of carbonyl (C=O) groups is 1. The Morgan fingerprint density at radius 1 is 0.879 bits per heavy atom. The van der Waals surface area contributed by atoms with Crippen molar-refractivity contribution in [2.24, 2.45) is 0 Å². The molecular formula is C28H38N2O3. The molecule has 1 aromatic heterocycles. The Hall–Kier alpha value is -3.05. The lowest BCUT2D eigenvalue weighted by Crippen LogP contribution is -2.50. The monoisotopic (exact) mass is 450 g/mol. The molecule has 0 spiro atoms. The maximum absolute atomic E-state index is 12.8. The van der Waals surface area contributed by atoms with Crippen molar-refractivity contribution >= 4 is 5.78 Å². The summed E-state index contributed by atoms with van der Waals surface area (Å²) in [4.78, 5) is 21.5. The maximum Gasteiger partial charge on any atom is 0.317 e. The average Bonchev–Trinajstić information content (AvgIpc) is 2.82. The normalized spacial score (nSPS) is 11.3. The fourth-order valence-corrected chi connectivity index (χ4v) is 3.49. The van der Waals surface area contributed by atoms with Crippen molar-refractivity contribution in [3.05, 3.63) is 89.2 Å². The largest absolute Gasteiger partial charge is 0.448 e. The molecule has 2 aromatic carbocycles. The van der Waals surface area contributed by atoms with Gasteiger partial charge in [0.2, 0.25) is 0 Å². The summed E-state index contributed by atoms with van der Waals surface area (Å²) < 4.78 is 12.2. The van der Waals surface area contributed by atoms with Gasteiger partial charge in [0.1, 0.15) is 0 Å². The van der Waals surface area contributed by atoms with E-state index >= 15 is 0 Å². The van der Waals surface area contributed by atoms with Crippen molar-refractivity contribution < 1.29 is 14.3 Å². The molecule has 33 heavy (non-hydrogen) atoms.